The second-order valence-corrected chi connectivity index (χ2v) is 12.3. The van der Waals surface area contributed by atoms with Gasteiger partial charge in [0.2, 0.25) is 11.8 Å². The molecule has 0 aliphatic heterocycles. The molecule has 218 valence electrons. The van der Waals surface area contributed by atoms with Crippen LogP contribution in [-0.2, 0) is 26.2 Å². The molecule has 41 heavy (non-hydrogen) atoms. The van der Waals surface area contributed by atoms with Crippen LogP contribution in [0.3, 0.4) is 0 Å². The minimum Gasteiger partial charge on any atom is -0.497 e. The number of amides is 2. The number of nitrogens with one attached hydrogen (secondary N) is 1. The first-order valence-electron chi connectivity index (χ1n) is 14.1. The van der Waals surface area contributed by atoms with E-state index in [0.717, 1.165) is 41.1 Å². The Kier molecular flexibility index (Phi) is 10.0. The van der Waals surface area contributed by atoms with Crippen LogP contribution in [0.25, 0.3) is 0 Å². The van der Waals surface area contributed by atoms with Crippen molar-refractivity contribution in [3.63, 3.8) is 0 Å². The third kappa shape index (κ3) is 7.47. The lowest BCUT2D eigenvalue weighted by atomic mass is 10.1. The molecule has 0 aromatic heterocycles. The number of carbonyl (C=O) groups is 2. The highest BCUT2D eigenvalue weighted by Gasteiger charge is 2.34. The molecule has 8 nitrogen and oxygen atoms in total. The van der Waals surface area contributed by atoms with Crippen molar-refractivity contribution < 1.29 is 22.7 Å². The summed E-state index contributed by atoms with van der Waals surface area (Å²) in [6.07, 6.45) is 4.35. The fourth-order valence-corrected chi connectivity index (χ4v) is 6.65. The smallest absolute Gasteiger partial charge is 0.264 e. The van der Waals surface area contributed by atoms with Crippen molar-refractivity contribution in [1.82, 2.24) is 10.2 Å². The lowest BCUT2D eigenvalue weighted by molar-refractivity contribution is -0.140. The molecule has 1 aliphatic rings. The molecule has 3 aromatic rings. The number of anilines is 1. The Morgan fingerprint density at radius 3 is 2.29 bits per heavy atom. The Hall–Kier alpha value is -3.85. The van der Waals surface area contributed by atoms with Crippen LogP contribution in [0, 0.1) is 6.92 Å². The molecule has 0 unspecified atom stereocenters. The van der Waals surface area contributed by atoms with Crippen molar-refractivity contribution in [3.8, 4) is 5.75 Å². The van der Waals surface area contributed by atoms with E-state index in [9.17, 15) is 18.0 Å². The van der Waals surface area contributed by atoms with Crippen molar-refractivity contribution in [1.29, 1.82) is 0 Å². The van der Waals surface area contributed by atoms with Gasteiger partial charge in [0.15, 0.2) is 0 Å². The van der Waals surface area contributed by atoms with E-state index in [-0.39, 0.29) is 23.4 Å². The van der Waals surface area contributed by atoms with Crippen LogP contribution in [0.15, 0.2) is 83.8 Å². The minimum atomic E-state index is -4.09. The molecule has 1 fully saturated rings. The number of aryl methyl sites for hydroxylation is 1. The zero-order valence-corrected chi connectivity index (χ0v) is 24.8. The van der Waals surface area contributed by atoms with Crippen LogP contribution in [0.4, 0.5) is 5.69 Å². The predicted molar refractivity (Wildman–Crippen MR) is 160 cm³/mol. The fourth-order valence-electron chi connectivity index (χ4n) is 5.21. The summed E-state index contributed by atoms with van der Waals surface area (Å²) in [6.45, 7) is 3.44. The number of hydrogen-bond acceptors (Lipinski definition) is 5. The zero-order valence-electron chi connectivity index (χ0n) is 24.0. The van der Waals surface area contributed by atoms with Gasteiger partial charge in [-0.2, -0.15) is 0 Å². The van der Waals surface area contributed by atoms with E-state index < -0.39 is 28.5 Å². The average Bonchev–Trinajstić information content (AvgIpc) is 3.49. The first-order valence-corrected chi connectivity index (χ1v) is 15.5. The number of rotatable bonds is 12. The lowest BCUT2D eigenvalue weighted by Crippen LogP contribution is -2.53. The molecule has 1 aliphatic carbocycles. The van der Waals surface area contributed by atoms with E-state index in [1.165, 1.54) is 17.0 Å². The first kappa shape index (κ1) is 30.1. The topological polar surface area (TPSA) is 96.0 Å². The quantitative estimate of drug-likeness (QED) is 0.325. The standard InChI is InChI=1S/C32H39N3O5S/c1-4-30(32(37)33-26-12-8-9-13-26)34(22-25-11-10-14-28(21-25)40-3)31(36)23-35(27-19-17-24(2)18-20-27)41(38,39)29-15-6-5-7-16-29/h5-7,10-11,14-21,26,30H,4,8-9,12-13,22-23H2,1-3H3,(H,33,37)/t30-/m0/s1. The third-order valence-corrected chi connectivity index (χ3v) is 9.29. The number of benzene rings is 3. The Bertz CT molecular complexity index is 1420. The van der Waals surface area contributed by atoms with Crippen LogP contribution in [0.1, 0.15) is 50.2 Å². The maximum Gasteiger partial charge on any atom is 0.264 e. The number of hydrogen-bond donors (Lipinski definition) is 1. The Morgan fingerprint density at radius 1 is 0.976 bits per heavy atom. The predicted octanol–water partition coefficient (Wildman–Crippen LogP) is 5.07. The molecule has 1 N–H and O–H groups in total. The molecular weight excluding hydrogens is 538 g/mol. The normalized spacial score (nSPS) is 14.3. The van der Waals surface area contributed by atoms with Gasteiger partial charge < -0.3 is 15.0 Å². The van der Waals surface area contributed by atoms with Crippen LogP contribution in [-0.4, -0.2) is 50.9 Å². The van der Waals surface area contributed by atoms with Crippen LogP contribution < -0.4 is 14.4 Å². The van der Waals surface area contributed by atoms with Crippen molar-refractivity contribution in [2.24, 2.45) is 0 Å². The summed E-state index contributed by atoms with van der Waals surface area (Å²) in [6, 6.07) is 21.7. The lowest BCUT2D eigenvalue weighted by Gasteiger charge is -2.34. The van der Waals surface area contributed by atoms with Gasteiger partial charge in [-0.25, -0.2) is 8.42 Å². The Morgan fingerprint density at radius 2 is 1.66 bits per heavy atom. The van der Waals surface area contributed by atoms with Gasteiger partial charge in [0.25, 0.3) is 10.0 Å². The number of nitrogens with zero attached hydrogens (tertiary/aromatic N) is 2. The van der Waals surface area contributed by atoms with Crippen molar-refractivity contribution in [2.75, 3.05) is 18.0 Å². The number of carbonyl (C=O) groups excluding carboxylic acids is 2. The van der Waals surface area contributed by atoms with Crippen molar-refractivity contribution >= 4 is 27.5 Å². The Labute approximate surface area is 243 Å². The van der Waals surface area contributed by atoms with Gasteiger partial charge >= 0.3 is 0 Å². The van der Waals surface area contributed by atoms with Crippen LogP contribution >= 0.6 is 0 Å². The number of ether oxygens (including phenoxy) is 1. The molecule has 0 saturated heterocycles. The summed E-state index contributed by atoms with van der Waals surface area (Å²) in [5, 5.41) is 3.13. The SMILES string of the molecule is CC[C@@H](C(=O)NC1CCCC1)N(Cc1cccc(OC)c1)C(=O)CN(c1ccc(C)cc1)S(=O)(=O)c1ccccc1. The van der Waals surface area contributed by atoms with Crippen molar-refractivity contribution in [2.45, 2.75) is 69.5 Å². The molecule has 1 saturated carbocycles. The monoisotopic (exact) mass is 577 g/mol. The molecule has 0 spiro atoms. The molecule has 0 bridgehead atoms. The molecule has 3 aromatic carbocycles. The molecular formula is C32H39N3O5S. The van der Waals surface area contributed by atoms with E-state index in [1.54, 1.807) is 37.4 Å². The van der Waals surface area contributed by atoms with Crippen molar-refractivity contribution in [3.05, 3.63) is 90.0 Å². The number of methoxy groups -OCH3 is 1. The van der Waals surface area contributed by atoms with Gasteiger partial charge in [0.05, 0.1) is 17.7 Å². The van der Waals surface area contributed by atoms with Crippen LogP contribution in [0.2, 0.25) is 0 Å². The second-order valence-electron chi connectivity index (χ2n) is 10.4. The largest absolute Gasteiger partial charge is 0.497 e. The molecule has 1 atom stereocenters. The summed E-state index contributed by atoms with van der Waals surface area (Å²) in [5.41, 5.74) is 2.11. The van der Waals surface area contributed by atoms with Gasteiger partial charge in [0, 0.05) is 12.6 Å². The summed E-state index contributed by atoms with van der Waals surface area (Å²) < 4.78 is 34.3. The van der Waals surface area contributed by atoms with Gasteiger partial charge in [-0.05, 0) is 68.1 Å². The third-order valence-electron chi connectivity index (χ3n) is 7.51. The zero-order chi connectivity index (χ0) is 29.4. The molecule has 0 radical (unpaired) electrons. The summed E-state index contributed by atoms with van der Waals surface area (Å²) in [4.78, 5) is 29.3. The molecule has 9 heteroatoms. The Balaban J connectivity index is 1.71. The first-order chi connectivity index (χ1) is 19.7. The highest BCUT2D eigenvalue weighted by Crippen LogP contribution is 2.26. The van der Waals surface area contributed by atoms with E-state index in [0.29, 0.717) is 17.9 Å². The van der Waals surface area contributed by atoms with E-state index in [4.69, 9.17) is 4.74 Å². The maximum absolute atomic E-state index is 14.2. The van der Waals surface area contributed by atoms with Gasteiger partial charge in [-0.1, -0.05) is 67.8 Å². The average molecular weight is 578 g/mol. The summed E-state index contributed by atoms with van der Waals surface area (Å²) >= 11 is 0. The van der Waals surface area contributed by atoms with E-state index in [2.05, 4.69) is 5.32 Å². The molecule has 4 rings (SSSR count). The van der Waals surface area contributed by atoms with Gasteiger partial charge in [-0.3, -0.25) is 13.9 Å². The maximum atomic E-state index is 14.2. The summed E-state index contributed by atoms with van der Waals surface area (Å²) in [5.74, 6) is -0.0592. The fraction of sp³-hybridized carbons (Fsp3) is 0.375. The molecule has 2 amide bonds. The summed E-state index contributed by atoms with van der Waals surface area (Å²) in [7, 11) is -2.52. The number of sulfonamides is 1. The van der Waals surface area contributed by atoms with E-state index >= 15 is 0 Å². The molecule has 0 heterocycles. The minimum absolute atomic E-state index is 0.0822. The van der Waals surface area contributed by atoms with E-state index in [1.807, 2.05) is 50.2 Å². The van der Waals surface area contributed by atoms with Crippen LogP contribution in [0.5, 0.6) is 5.75 Å². The second kappa shape index (κ2) is 13.7. The van der Waals surface area contributed by atoms with Gasteiger partial charge in [-0.15, -0.1) is 0 Å². The highest BCUT2D eigenvalue weighted by molar-refractivity contribution is 7.92. The highest BCUT2D eigenvalue weighted by atomic mass is 32.2. The van der Waals surface area contributed by atoms with Gasteiger partial charge in [0.1, 0.15) is 18.3 Å².